The van der Waals surface area contributed by atoms with Crippen molar-refractivity contribution in [1.29, 1.82) is 0 Å². The summed E-state index contributed by atoms with van der Waals surface area (Å²) in [5.41, 5.74) is 8.94. The molecule has 0 aliphatic heterocycles. The molecule has 2 aliphatic carbocycles. The number of pyridine rings is 1. The molecule has 2 heterocycles. The molecule has 7 heteroatoms. The van der Waals surface area contributed by atoms with E-state index in [1.807, 2.05) is 6.07 Å². The monoisotopic (exact) mass is 378 g/mol. The van der Waals surface area contributed by atoms with Crippen LogP contribution in [0, 0.1) is 0 Å². The number of hydrogen-bond acceptors (Lipinski definition) is 5. The largest absolute Gasteiger partial charge is 0.349 e. The van der Waals surface area contributed by atoms with Crippen molar-refractivity contribution in [2.75, 3.05) is 0 Å². The van der Waals surface area contributed by atoms with Crippen molar-refractivity contribution in [2.45, 2.75) is 76.3 Å². The van der Waals surface area contributed by atoms with Gasteiger partial charge >= 0.3 is 0 Å². The van der Waals surface area contributed by atoms with Crippen LogP contribution >= 0.6 is 12.4 Å². The molecular weight excluding hydrogens is 352 g/mol. The minimum Gasteiger partial charge on any atom is -0.349 e. The maximum absolute atomic E-state index is 13.0. The fourth-order valence-corrected chi connectivity index (χ4v) is 3.73. The van der Waals surface area contributed by atoms with Gasteiger partial charge in [0.2, 0.25) is 0 Å². The number of amides is 1. The van der Waals surface area contributed by atoms with Crippen molar-refractivity contribution < 1.29 is 9.32 Å². The molecule has 0 unspecified atom stereocenters. The van der Waals surface area contributed by atoms with Gasteiger partial charge in [-0.2, -0.15) is 0 Å². The molecule has 6 nitrogen and oxygen atoms in total. The molecule has 0 atom stereocenters. The van der Waals surface area contributed by atoms with Crippen molar-refractivity contribution in [1.82, 2.24) is 15.5 Å². The second-order valence-corrected chi connectivity index (χ2v) is 7.51. The van der Waals surface area contributed by atoms with E-state index < -0.39 is 0 Å². The number of carbonyl (C=O) groups excluding carboxylic acids is 1. The van der Waals surface area contributed by atoms with Crippen LogP contribution in [0.5, 0.6) is 0 Å². The van der Waals surface area contributed by atoms with Gasteiger partial charge in [0.05, 0.1) is 16.6 Å². The predicted molar refractivity (Wildman–Crippen MR) is 103 cm³/mol. The van der Waals surface area contributed by atoms with E-state index >= 15 is 0 Å². The average Bonchev–Trinajstić information content (AvgIpc) is 3.39. The molecule has 2 aromatic heterocycles. The van der Waals surface area contributed by atoms with Gasteiger partial charge in [0, 0.05) is 23.7 Å². The quantitative estimate of drug-likeness (QED) is 0.830. The first kappa shape index (κ1) is 19.1. The minimum absolute atomic E-state index is 0. The first-order chi connectivity index (χ1) is 12.2. The van der Waals surface area contributed by atoms with Crippen LogP contribution in [0.4, 0.5) is 0 Å². The summed E-state index contributed by atoms with van der Waals surface area (Å²) < 4.78 is 5.46. The molecule has 0 bridgehead atoms. The van der Waals surface area contributed by atoms with Crippen molar-refractivity contribution >= 4 is 29.4 Å². The molecule has 26 heavy (non-hydrogen) atoms. The van der Waals surface area contributed by atoms with Gasteiger partial charge in [-0.05, 0) is 51.0 Å². The Hall–Kier alpha value is -1.66. The Morgan fingerprint density at radius 1 is 1.27 bits per heavy atom. The first-order valence-corrected chi connectivity index (χ1v) is 9.51. The summed E-state index contributed by atoms with van der Waals surface area (Å²) in [6, 6.07) is 2.44. The van der Waals surface area contributed by atoms with E-state index in [9.17, 15) is 4.79 Å². The fraction of sp³-hybridized carbons (Fsp3) is 0.632. The maximum Gasteiger partial charge on any atom is 0.259 e. The fourth-order valence-electron chi connectivity index (χ4n) is 3.73. The van der Waals surface area contributed by atoms with Crippen LogP contribution in [-0.2, 0) is 6.42 Å². The third kappa shape index (κ3) is 3.86. The van der Waals surface area contributed by atoms with Crippen molar-refractivity contribution in [3.8, 4) is 0 Å². The zero-order valence-electron chi connectivity index (χ0n) is 15.2. The normalized spacial score (nSPS) is 22.8. The lowest BCUT2D eigenvalue weighted by Crippen LogP contribution is -2.40. The maximum atomic E-state index is 13.0. The van der Waals surface area contributed by atoms with Gasteiger partial charge < -0.3 is 15.6 Å². The third-order valence-corrected chi connectivity index (χ3v) is 5.37. The number of fused-ring (bicyclic) bond motifs is 1. The zero-order chi connectivity index (χ0) is 17.4. The number of rotatable bonds is 5. The molecule has 0 aromatic carbocycles. The highest BCUT2D eigenvalue weighted by Gasteiger charge is 2.30. The molecule has 3 N–H and O–H groups in total. The summed E-state index contributed by atoms with van der Waals surface area (Å²) in [5.74, 6) is 0.429. The van der Waals surface area contributed by atoms with E-state index in [1.165, 1.54) is 0 Å². The van der Waals surface area contributed by atoms with Crippen LogP contribution in [-0.4, -0.2) is 28.1 Å². The Balaban J connectivity index is 0.00000196. The molecule has 0 spiro atoms. The zero-order valence-corrected chi connectivity index (χ0v) is 16.0. The summed E-state index contributed by atoms with van der Waals surface area (Å²) >= 11 is 0. The van der Waals surface area contributed by atoms with Crippen LogP contribution < -0.4 is 11.1 Å². The summed E-state index contributed by atoms with van der Waals surface area (Å²) in [6.07, 6.45) is 7.84. The molecule has 2 aliphatic rings. The van der Waals surface area contributed by atoms with E-state index in [0.717, 1.165) is 68.1 Å². The van der Waals surface area contributed by atoms with Crippen molar-refractivity contribution in [3.05, 3.63) is 23.0 Å². The standard InChI is InChI=1S/C19H26N4O2.ClH/c1-2-3-15-17-14(18(24)21-13-8-6-12(20)7-9-13)10-16(11-4-5-11)22-19(17)25-23-15;/h10-13H,2-9,20H2,1H3,(H,21,24);1H. The van der Waals surface area contributed by atoms with E-state index in [0.29, 0.717) is 17.2 Å². The molecule has 2 saturated carbocycles. The molecule has 142 valence electrons. The number of nitrogens with zero attached hydrogens (tertiary/aromatic N) is 2. The lowest BCUT2D eigenvalue weighted by molar-refractivity contribution is 0.0927. The van der Waals surface area contributed by atoms with Gasteiger partial charge in [-0.1, -0.05) is 18.5 Å². The van der Waals surface area contributed by atoms with Crippen LogP contribution in [0.3, 0.4) is 0 Å². The number of halogens is 1. The third-order valence-electron chi connectivity index (χ3n) is 5.37. The van der Waals surface area contributed by atoms with Gasteiger partial charge in [0.25, 0.3) is 11.6 Å². The number of nitrogens with one attached hydrogen (secondary N) is 1. The molecule has 2 fully saturated rings. The highest BCUT2D eigenvalue weighted by Crippen LogP contribution is 2.40. The Labute approximate surface area is 159 Å². The van der Waals surface area contributed by atoms with Gasteiger partial charge in [0.1, 0.15) is 0 Å². The SMILES string of the molecule is CCCc1noc2nc(C3CC3)cc(C(=O)NC3CCC(N)CC3)c12.Cl. The Kier molecular flexibility index (Phi) is 5.82. The van der Waals surface area contributed by atoms with Gasteiger partial charge in [-0.25, -0.2) is 4.98 Å². The Morgan fingerprint density at radius 2 is 2.00 bits per heavy atom. The van der Waals surface area contributed by atoms with Crippen LogP contribution in [0.1, 0.15) is 79.5 Å². The second kappa shape index (κ2) is 7.92. The van der Waals surface area contributed by atoms with Crippen molar-refractivity contribution in [3.63, 3.8) is 0 Å². The smallest absolute Gasteiger partial charge is 0.259 e. The van der Waals surface area contributed by atoms with Gasteiger partial charge in [-0.15, -0.1) is 12.4 Å². The summed E-state index contributed by atoms with van der Waals surface area (Å²) in [6.45, 7) is 2.09. The van der Waals surface area contributed by atoms with Crippen LogP contribution in [0.2, 0.25) is 0 Å². The van der Waals surface area contributed by atoms with Crippen LogP contribution in [0.15, 0.2) is 10.6 Å². The summed E-state index contributed by atoms with van der Waals surface area (Å²) in [4.78, 5) is 17.6. The number of carbonyl (C=O) groups is 1. The van der Waals surface area contributed by atoms with E-state index in [4.69, 9.17) is 10.3 Å². The highest BCUT2D eigenvalue weighted by atomic mass is 35.5. The lowest BCUT2D eigenvalue weighted by atomic mass is 9.91. The minimum atomic E-state index is -0.0321. The lowest BCUT2D eigenvalue weighted by Gasteiger charge is -2.26. The Bertz CT molecular complexity index is 779. The van der Waals surface area contributed by atoms with Crippen LogP contribution in [0.25, 0.3) is 11.1 Å². The molecule has 0 saturated heterocycles. The van der Waals surface area contributed by atoms with E-state index in [2.05, 4.69) is 22.4 Å². The van der Waals surface area contributed by atoms with Gasteiger partial charge in [0.15, 0.2) is 0 Å². The number of nitrogens with two attached hydrogens (primary N) is 1. The predicted octanol–water partition coefficient (Wildman–Crippen LogP) is 3.47. The second-order valence-electron chi connectivity index (χ2n) is 7.51. The molecule has 1 amide bonds. The van der Waals surface area contributed by atoms with Gasteiger partial charge in [-0.3, -0.25) is 4.79 Å². The average molecular weight is 379 g/mol. The van der Waals surface area contributed by atoms with E-state index in [-0.39, 0.29) is 30.4 Å². The highest BCUT2D eigenvalue weighted by molar-refractivity contribution is 6.06. The number of aromatic nitrogens is 2. The van der Waals surface area contributed by atoms with Crippen molar-refractivity contribution in [2.24, 2.45) is 5.73 Å². The number of hydrogen-bond donors (Lipinski definition) is 2. The molecule has 2 aromatic rings. The van der Waals surface area contributed by atoms with E-state index in [1.54, 1.807) is 0 Å². The molecular formula is C19H27ClN4O2. The molecule has 4 rings (SSSR count). The first-order valence-electron chi connectivity index (χ1n) is 9.51. The number of aryl methyl sites for hydroxylation is 1. The topological polar surface area (TPSA) is 94.0 Å². The summed E-state index contributed by atoms with van der Waals surface area (Å²) in [5, 5.41) is 8.16. The Morgan fingerprint density at radius 3 is 2.65 bits per heavy atom. The summed E-state index contributed by atoms with van der Waals surface area (Å²) in [7, 11) is 0. The molecule has 0 radical (unpaired) electrons.